The summed E-state index contributed by atoms with van der Waals surface area (Å²) in [5, 5.41) is 62.9. The molecule has 15 nitrogen and oxygen atoms in total. The number of nitro benzene ring substituents is 4. The van der Waals surface area contributed by atoms with E-state index in [0.29, 0.717) is 24.3 Å². The zero-order valence-electron chi connectivity index (χ0n) is 13.2. The number of phenolic OH excluding ortho intramolecular Hbond substituents is 2. The highest BCUT2D eigenvalue weighted by Crippen LogP contribution is 2.40. The molecule has 2 N–H and O–H groups in total. The van der Waals surface area contributed by atoms with Gasteiger partial charge in [-0.15, -0.1) is 0 Å². The Bertz CT molecular complexity index is 925. The molecule has 0 aliphatic heterocycles. The van der Waals surface area contributed by atoms with E-state index < -0.39 is 70.9 Å². The molecule has 2 aromatic rings. The maximum Gasteiger partial charge on any atom is 0.318 e. The van der Waals surface area contributed by atoms with Crippen LogP contribution in [0.15, 0.2) is 24.3 Å². The average molecular weight is 394 g/mol. The SMILES string of the molecule is O=C(c1cc([N+](=O)[O-])c(O)c([N+](=O)[O-])c1)c1cc([N+](=O)[O-])c(O)c([N+](=O)[O-])c1. The summed E-state index contributed by atoms with van der Waals surface area (Å²) < 4.78 is 0. The molecular weight excluding hydrogens is 388 g/mol. The van der Waals surface area contributed by atoms with E-state index in [4.69, 9.17) is 0 Å². The van der Waals surface area contributed by atoms with Crippen LogP contribution < -0.4 is 0 Å². The normalized spacial score (nSPS) is 10.3. The van der Waals surface area contributed by atoms with Crippen molar-refractivity contribution < 1.29 is 34.7 Å². The summed E-state index contributed by atoms with van der Waals surface area (Å²) >= 11 is 0. The fraction of sp³-hybridized carbons (Fsp3) is 0. The Balaban J connectivity index is 2.76. The fourth-order valence-corrected chi connectivity index (χ4v) is 2.19. The predicted octanol–water partition coefficient (Wildman–Crippen LogP) is 1.96. The molecule has 0 spiro atoms. The molecule has 0 bridgehead atoms. The van der Waals surface area contributed by atoms with Gasteiger partial charge < -0.3 is 10.2 Å². The van der Waals surface area contributed by atoms with Gasteiger partial charge in [-0.05, 0) is 0 Å². The van der Waals surface area contributed by atoms with Crippen LogP contribution in [0.5, 0.6) is 11.5 Å². The van der Waals surface area contributed by atoms with E-state index in [1.807, 2.05) is 0 Å². The first kappa shape index (κ1) is 19.6. The molecule has 15 heteroatoms. The zero-order chi connectivity index (χ0) is 21.3. The highest BCUT2D eigenvalue weighted by Gasteiger charge is 2.32. The smallest absolute Gasteiger partial charge is 0.318 e. The standard InChI is InChI=1S/C13H6N4O11/c18-11(5-1-7(14(21)22)12(19)8(2-5)15(23)24)6-3-9(16(25)26)13(20)10(4-6)17(27)28/h1-4,19-20H. The second kappa shape index (κ2) is 6.90. The van der Waals surface area contributed by atoms with E-state index in [9.17, 15) is 55.5 Å². The lowest BCUT2D eigenvalue weighted by Crippen LogP contribution is -2.06. The predicted molar refractivity (Wildman–Crippen MR) is 86.3 cm³/mol. The minimum absolute atomic E-state index is 0.467. The van der Waals surface area contributed by atoms with Crippen molar-refractivity contribution in [3.05, 3.63) is 75.8 Å². The Hall–Kier alpha value is -4.69. The molecule has 0 aromatic heterocycles. The minimum Gasteiger partial charge on any atom is -0.497 e. The topological polar surface area (TPSA) is 230 Å². The van der Waals surface area contributed by atoms with E-state index in [0.717, 1.165) is 0 Å². The van der Waals surface area contributed by atoms with Gasteiger partial charge in [0.15, 0.2) is 5.78 Å². The lowest BCUT2D eigenvalue weighted by molar-refractivity contribution is -0.396. The van der Waals surface area contributed by atoms with Crippen LogP contribution >= 0.6 is 0 Å². The van der Waals surface area contributed by atoms with Crippen molar-refractivity contribution in [2.24, 2.45) is 0 Å². The van der Waals surface area contributed by atoms with E-state index in [1.165, 1.54) is 0 Å². The number of carbonyl (C=O) groups is 1. The molecule has 28 heavy (non-hydrogen) atoms. The Labute approximate surface area is 151 Å². The highest BCUT2D eigenvalue weighted by atomic mass is 16.6. The summed E-state index contributed by atoms with van der Waals surface area (Å²) in [6.07, 6.45) is 0. The number of nitro groups is 4. The van der Waals surface area contributed by atoms with Gasteiger partial charge in [0.25, 0.3) is 11.5 Å². The number of benzene rings is 2. The van der Waals surface area contributed by atoms with Crippen LogP contribution in [0.3, 0.4) is 0 Å². The van der Waals surface area contributed by atoms with Crippen LogP contribution in [0.2, 0.25) is 0 Å². The van der Waals surface area contributed by atoms with Crippen molar-refractivity contribution in [1.82, 2.24) is 0 Å². The van der Waals surface area contributed by atoms with Crippen LogP contribution in [-0.2, 0) is 0 Å². The summed E-state index contributed by atoms with van der Waals surface area (Å²) in [7, 11) is 0. The largest absolute Gasteiger partial charge is 0.497 e. The van der Waals surface area contributed by atoms with Crippen LogP contribution in [0, 0.1) is 40.5 Å². The molecule has 0 heterocycles. The first-order valence-corrected chi connectivity index (χ1v) is 6.82. The van der Waals surface area contributed by atoms with Gasteiger partial charge in [0.05, 0.1) is 19.7 Å². The van der Waals surface area contributed by atoms with Gasteiger partial charge in [0.1, 0.15) is 0 Å². The highest BCUT2D eigenvalue weighted by molar-refractivity contribution is 6.11. The zero-order valence-corrected chi connectivity index (χ0v) is 13.2. The van der Waals surface area contributed by atoms with Crippen molar-refractivity contribution >= 4 is 28.5 Å². The summed E-state index contributed by atoms with van der Waals surface area (Å²) in [6, 6.07) is 1.87. The van der Waals surface area contributed by atoms with Gasteiger partial charge in [-0.25, -0.2) is 0 Å². The molecule has 0 aliphatic rings. The first-order chi connectivity index (χ1) is 13.0. The van der Waals surface area contributed by atoms with Crippen molar-refractivity contribution in [3.63, 3.8) is 0 Å². The fourth-order valence-electron chi connectivity index (χ4n) is 2.19. The summed E-state index contributed by atoms with van der Waals surface area (Å²) in [5.41, 5.74) is -6.27. The molecule has 2 aromatic carbocycles. The van der Waals surface area contributed by atoms with E-state index in [2.05, 4.69) is 0 Å². The molecule has 2 rings (SSSR count). The summed E-state index contributed by atoms with van der Waals surface area (Å²) in [5.74, 6) is -3.94. The van der Waals surface area contributed by atoms with Crippen LogP contribution in [0.1, 0.15) is 15.9 Å². The van der Waals surface area contributed by atoms with Crippen molar-refractivity contribution in [2.75, 3.05) is 0 Å². The third-order valence-corrected chi connectivity index (χ3v) is 3.45. The summed E-state index contributed by atoms with van der Waals surface area (Å²) in [4.78, 5) is 51.4. The van der Waals surface area contributed by atoms with E-state index in [-0.39, 0.29) is 0 Å². The molecule has 0 saturated carbocycles. The van der Waals surface area contributed by atoms with Crippen LogP contribution in [0.25, 0.3) is 0 Å². The Morgan fingerprint density at radius 3 is 1.00 bits per heavy atom. The lowest BCUT2D eigenvalue weighted by atomic mass is 10.00. The van der Waals surface area contributed by atoms with E-state index >= 15 is 0 Å². The molecule has 0 amide bonds. The Morgan fingerprint density at radius 2 is 0.821 bits per heavy atom. The maximum atomic E-state index is 12.5. The second-order valence-electron chi connectivity index (χ2n) is 5.08. The molecule has 0 unspecified atom stereocenters. The molecule has 0 atom stereocenters. The summed E-state index contributed by atoms with van der Waals surface area (Å²) in [6.45, 7) is 0. The lowest BCUT2D eigenvalue weighted by Gasteiger charge is -2.05. The Morgan fingerprint density at radius 1 is 0.607 bits per heavy atom. The number of phenols is 2. The van der Waals surface area contributed by atoms with Crippen LogP contribution in [-0.4, -0.2) is 35.7 Å². The molecule has 144 valence electrons. The van der Waals surface area contributed by atoms with Gasteiger partial charge in [-0.2, -0.15) is 0 Å². The Kier molecular flexibility index (Phi) is 4.84. The first-order valence-electron chi connectivity index (χ1n) is 6.82. The number of rotatable bonds is 6. The average Bonchev–Trinajstić information content (AvgIpc) is 2.60. The number of carbonyl (C=O) groups excluding carboxylic acids is 1. The minimum atomic E-state index is -1.32. The molecular formula is C13H6N4O11. The number of aromatic hydroxyl groups is 2. The number of hydrogen-bond acceptors (Lipinski definition) is 11. The number of nitrogens with zero attached hydrogens (tertiary/aromatic N) is 4. The monoisotopic (exact) mass is 394 g/mol. The van der Waals surface area contributed by atoms with Gasteiger partial charge in [-0.1, -0.05) is 0 Å². The third kappa shape index (κ3) is 3.34. The number of ketones is 1. The van der Waals surface area contributed by atoms with Crippen LogP contribution in [0.4, 0.5) is 22.7 Å². The third-order valence-electron chi connectivity index (χ3n) is 3.45. The molecule has 0 radical (unpaired) electrons. The van der Waals surface area contributed by atoms with Crippen molar-refractivity contribution in [2.45, 2.75) is 0 Å². The van der Waals surface area contributed by atoms with E-state index in [1.54, 1.807) is 0 Å². The maximum absolute atomic E-state index is 12.5. The molecule has 0 fully saturated rings. The van der Waals surface area contributed by atoms with Gasteiger partial charge in [-0.3, -0.25) is 45.3 Å². The van der Waals surface area contributed by atoms with Gasteiger partial charge in [0.2, 0.25) is 0 Å². The molecule has 0 saturated heterocycles. The molecule has 0 aliphatic carbocycles. The van der Waals surface area contributed by atoms with Gasteiger partial charge >= 0.3 is 22.7 Å². The van der Waals surface area contributed by atoms with Crippen molar-refractivity contribution in [1.29, 1.82) is 0 Å². The second-order valence-corrected chi connectivity index (χ2v) is 5.08. The van der Waals surface area contributed by atoms with Crippen molar-refractivity contribution in [3.8, 4) is 11.5 Å². The number of hydrogen-bond donors (Lipinski definition) is 2. The van der Waals surface area contributed by atoms with Gasteiger partial charge in [0, 0.05) is 35.4 Å². The quantitative estimate of drug-likeness (QED) is 0.408.